The van der Waals surface area contributed by atoms with Crippen LogP contribution in [0.25, 0.3) is 0 Å². The van der Waals surface area contributed by atoms with Gasteiger partial charge < -0.3 is 15.8 Å². The summed E-state index contributed by atoms with van der Waals surface area (Å²) in [4.78, 5) is 15.6. The van der Waals surface area contributed by atoms with E-state index in [1.54, 1.807) is 12.3 Å². The van der Waals surface area contributed by atoms with E-state index in [0.717, 1.165) is 19.6 Å². The van der Waals surface area contributed by atoms with Gasteiger partial charge in [-0.1, -0.05) is 0 Å². The zero-order valence-electron chi connectivity index (χ0n) is 8.98. The maximum Gasteiger partial charge on any atom is 0.254 e. The summed E-state index contributed by atoms with van der Waals surface area (Å²) in [5, 5.41) is 2.84. The second kappa shape index (κ2) is 4.94. The van der Waals surface area contributed by atoms with Gasteiger partial charge in [-0.25, -0.2) is 0 Å². The molecule has 3 N–H and O–H groups in total. The number of carbonyl (C=O) groups is 1. The van der Waals surface area contributed by atoms with E-state index in [0.29, 0.717) is 23.7 Å². The Labute approximate surface area is 94.0 Å². The van der Waals surface area contributed by atoms with Crippen molar-refractivity contribution in [1.82, 2.24) is 10.3 Å². The Balaban J connectivity index is 1.90. The van der Waals surface area contributed by atoms with Gasteiger partial charge in [0.1, 0.15) is 0 Å². The van der Waals surface area contributed by atoms with Gasteiger partial charge in [-0.15, -0.1) is 0 Å². The molecule has 1 saturated heterocycles. The summed E-state index contributed by atoms with van der Waals surface area (Å²) in [5.41, 5.74) is 6.57. The molecule has 1 aliphatic rings. The molecule has 0 spiro atoms. The standard InChI is InChI=1S/C11H15N3O2/c12-10-1-3-13-6-9(10)11(15)14-5-8-2-4-16-7-8/h1,3,6,8H,2,4-5,7H2,(H2,12,13)(H,14,15). The predicted molar refractivity (Wildman–Crippen MR) is 59.9 cm³/mol. The van der Waals surface area contributed by atoms with Gasteiger partial charge in [0.15, 0.2) is 0 Å². The molecule has 1 fully saturated rings. The lowest BCUT2D eigenvalue weighted by Gasteiger charge is -2.10. The number of pyridine rings is 1. The molecule has 86 valence electrons. The van der Waals surface area contributed by atoms with Crippen LogP contribution in [0, 0.1) is 5.92 Å². The van der Waals surface area contributed by atoms with Crippen LogP contribution in [0.2, 0.25) is 0 Å². The third-order valence-electron chi connectivity index (χ3n) is 2.67. The van der Waals surface area contributed by atoms with Gasteiger partial charge in [0.05, 0.1) is 12.2 Å². The Morgan fingerprint density at radius 1 is 1.69 bits per heavy atom. The Hall–Kier alpha value is -1.62. The fourth-order valence-corrected chi connectivity index (χ4v) is 1.67. The van der Waals surface area contributed by atoms with Crippen LogP contribution in [0.15, 0.2) is 18.5 Å². The van der Waals surface area contributed by atoms with E-state index < -0.39 is 0 Å². The van der Waals surface area contributed by atoms with Crippen molar-refractivity contribution in [1.29, 1.82) is 0 Å². The molecule has 1 aromatic rings. The van der Waals surface area contributed by atoms with Crippen molar-refractivity contribution in [2.75, 3.05) is 25.5 Å². The molecule has 5 heteroatoms. The molecule has 1 atom stereocenters. The number of aromatic nitrogens is 1. The number of nitrogens with two attached hydrogens (primary N) is 1. The van der Waals surface area contributed by atoms with E-state index in [4.69, 9.17) is 10.5 Å². The normalized spacial score (nSPS) is 19.6. The molecule has 1 amide bonds. The van der Waals surface area contributed by atoms with Crippen LogP contribution in [0.5, 0.6) is 0 Å². The number of nitrogens with zero attached hydrogens (tertiary/aromatic N) is 1. The molecular weight excluding hydrogens is 206 g/mol. The van der Waals surface area contributed by atoms with E-state index in [1.165, 1.54) is 6.20 Å². The Morgan fingerprint density at radius 3 is 3.25 bits per heavy atom. The number of anilines is 1. The molecular formula is C11H15N3O2. The predicted octanol–water partition coefficient (Wildman–Crippen LogP) is 0.430. The second-order valence-electron chi connectivity index (χ2n) is 3.90. The SMILES string of the molecule is Nc1ccncc1C(=O)NCC1CCOC1. The molecule has 1 aromatic heterocycles. The van der Waals surface area contributed by atoms with Gasteiger partial charge >= 0.3 is 0 Å². The monoisotopic (exact) mass is 221 g/mol. The zero-order valence-corrected chi connectivity index (χ0v) is 8.98. The van der Waals surface area contributed by atoms with Crippen LogP contribution in [-0.4, -0.2) is 30.6 Å². The van der Waals surface area contributed by atoms with Crippen molar-refractivity contribution in [2.45, 2.75) is 6.42 Å². The number of amides is 1. The molecule has 5 nitrogen and oxygen atoms in total. The third-order valence-corrected chi connectivity index (χ3v) is 2.67. The van der Waals surface area contributed by atoms with Gasteiger partial charge in [-0.3, -0.25) is 9.78 Å². The first kappa shape index (κ1) is 10.9. The highest BCUT2D eigenvalue weighted by molar-refractivity contribution is 5.98. The summed E-state index contributed by atoms with van der Waals surface area (Å²) >= 11 is 0. The second-order valence-corrected chi connectivity index (χ2v) is 3.90. The lowest BCUT2D eigenvalue weighted by Crippen LogP contribution is -2.30. The molecule has 0 aromatic carbocycles. The topological polar surface area (TPSA) is 77.2 Å². The molecule has 0 radical (unpaired) electrons. The zero-order chi connectivity index (χ0) is 11.4. The molecule has 2 rings (SSSR count). The lowest BCUT2D eigenvalue weighted by molar-refractivity contribution is 0.0945. The van der Waals surface area contributed by atoms with Crippen LogP contribution in [-0.2, 0) is 4.74 Å². The molecule has 1 aliphatic heterocycles. The van der Waals surface area contributed by atoms with Crippen LogP contribution < -0.4 is 11.1 Å². The van der Waals surface area contributed by atoms with Crippen LogP contribution >= 0.6 is 0 Å². The Bertz CT molecular complexity index is 375. The largest absolute Gasteiger partial charge is 0.398 e. The minimum atomic E-state index is -0.169. The number of hydrogen-bond donors (Lipinski definition) is 2. The van der Waals surface area contributed by atoms with Crippen molar-refractivity contribution in [3.63, 3.8) is 0 Å². The molecule has 1 unspecified atom stereocenters. The summed E-state index contributed by atoms with van der Waals surface area (Å²) < 4.78 is 5.23. The number of nitrogen functional groups attached to an aromatic ring is 1. The fourth-order valence-electron chi connectivity index (χ4n) is 1.67. The van der Waals surface area contributed by atoms with Gasteiger partial charge in [0, 0.05) is 37.2 Å². The quantitative estimate of drug-likeness (QED) is 0.776. The van der Waals surface area contributed by atoms with Gasteiger partial charge in [-0.05, 0) is 12.5 Å². The highest BCUT2D eigenvalue weighted by Crippen LogP contribution is 2.12. The van der Waals surface area contributed by atoms with Gasteiger partial charge in [-0.2, -0.15) is 0 Å². The van der Waals surface area contributed by atoms with Gasteiger partial charge in [0.2, 0.25) is 0 Å². The van der Waals surface area contributed by atoms with Crippen molar-refractivity contribution in [3.8, 4) is 0 Å². The van der Waals surface area contributed by atoms with E-state index in [9.17, 15) is 4.79 Å². The number of carbonyl (C=O) groups excluding carboxylic acids is 1. The molecule has 0 aliphatic carbocycles. The van der Waals surface area contributed by atoms with Crippen LogP contribution in [0.4, 0.5) is 5.69 Å². The molecule has 0 bridgehead atoms. The van der Waals surface area contributed by atoms with Crippen molar-refractivity contribution >= 4 is 11.6 Å². The van der Waals surface area contributed by atoms with Crippen molar-refractivity contribution < 1.29 is 9.53 Å². The number of rotatable bonds is 3. The summed E-state index contributed by atoms with van der Waals surface area (Å²) in [6.07, 6.45) is 4.05. The summed E-state index contributed by atoms with van der Waals surface area (Å²) in [6, 6.07) is 1.62. The third kappa shape index (κ3) is 2.49. The summed E-state index contributed by atoms with van der Waals surface area (Å²) in [7, 11) is 0. The summed E-state index contributed by atoms with van der Waals surface area (Å²) in [5.74, 6) is 0.249. The van der Waals surface area contributed by atoms with Crippen molar-refractivity contribution in [3.05, 3.63) is 24.0 Å². The van der Waals surface area contributed by atoms with Crippen molar-refractivity contribution in [2.24, 2.45) is 5.92 Å². The van der Waals surface area contributed by atoms with E-state index in [-0.39, 0.29) is 5.91 Å². The lowest BCUT2D eigenvalue weighted by atomic mass is 10.1. The minimum Gasteiger partial charge on any atom is -0.398 e. The first-order valence-electron chi connectivity index (χ1n) is 5.33. The van der Waals surface area contributed by atoms with Gasteiger partial charge in [0.25, 0.3) is 5.91 Å². The molecule has 16 heavy (non-hydrogen) atoms. The van der Waals surface area contributed by atoms with E-state index in [1.807, 2.05) is 0 Å². The maximum atomic E-state index is 11.8. The number of nitrogens with one attached hydrogen (secondary N) is 1. The fraction of sp³-hybridized carbons (Fsp3) is 0.455. The van der Waals surface area contributed by atoms with E-state index in [2.05, 4.69) is 10.3 Å². The molecule has 2 heterocycles. The first-order chi connectivity index (χ1) is 7.77. The summed E-state index contributed by atoms with van der Waals surface area (Å²) in [6.45, 7) is 2.14. The average Bonchev–Trinajstić information content (AvgIpc) is 2.79. The first-order valence-corrected chi connectivity index (χ1v) is 5.33. The number of hydrogen-bond acceptors (Lipinski definition) is 4. The number of ether oxygens (including phenoxy) is 1. The maximum absolute atomic E-state index is 11.8. The van der Waals surface area contributed by atoms with Crippen LogP contribution in [0.1, 0.15) is 16.8 Å². The average molecular weight is 221 g/mol. The van der Waals surface area contributed by atoms with Crippen LogP contribution in [0.3, 0.4) is 0 Å². The van der Waals surface area contributed by atoms with E-state index >= 15 is 0 Å². The highest BCUT2D eigenvalue weighted by atomic mass is 16.5. The highest BCUT2D eigenvalue weighted by Gasteiger charge is 2.17. The smallest absolute Gasteiger partial charge is 0.254 e. The molecule has 0 saturated carbocycles. The Kier molecular flexibility index (Phi) is 3.36. The Morgan fingerprint density at radius 2 is 2.56 bits per heavy atom. The minimum absolute atomic E-state index is 0.169.